The Balaban J connectivity index is 2.48. The number of rotatable bonds is 5. The summed E-state index contributed by atoms with van der Waals surface area (Å²) in [6.07, 6.45) is -0.163. The molecule has 1 amide bonds. The number of aliphatic carboxylic acids is 1. The van der Waals surface area contributed by atoms with Crippen LogP contribution in [-0.2, 0) is 16.1 Å². The molecule has 0 atom stereocenters. The van der Waals surface area contributed by atoms with Gasteiger partial charge in [0.2, 0.25) is 5.91 Å². The summed E-state index contributed by atoms with van der Waals surface area (Å²) in [4.78, 5) is 23.4. The van der Waals surface area contributed by atoms with Crippen LogP contribution in [0, 0.1) is 5.41 Å². The molecule has 0 saturated carbocycles. The number of carbonyl (C=O) groups excluding carboxylic acids is 1. The topological polar surface area (TPSA) is 66.4 Å². The minimum Gasteiger partial charge on any atom is -0.481 e. The predicted octanol–water partition coefficient (Wildman–Crippen LogP) is 1.87. The molecule has 4 nitrogen and oxygen atoms in total. The van der Waals surface area contributed by atoms with Gasteiger partial charge in [-0.1, -0.05) is 19.9 Å². The summed E-state index contributed by atoms with van der Waals surface area (Å²) in [7, 11) is 0. The second kappa shape index (κ2) is 5.12. The van der Waals surface area contributed by atoms with Crippen LogP contribution in [0.4, 0.5) is 0 Å². The number of carbonyl (C=O) groups is 2. The average molecular weight is 241 g/mol. The van der Waals surface area contributed by atoms with Crippen molar-refractivity contribution >= 4 is 23.2 Å². The molecule has 5 heteroatoms. The Hall–Kier alpha value is -1.36. The van der Waals surface area contributed by atoms with Gasteiger partial charge in [-0.3, -0.25) is 9.59 Å². The van der Waals surface area contributed by atoms with Crippen LogP contribution in [0.1, 0.15) is 25.1 Å². The lowest BCUT2D eigenvalue weighted by atomic mass is 9.88. The van der Waals surface area contributed by atoms with Crippen LogP contribution >= 0.6 is 11.3 Å². The Labute approximate surface area is 98.3 Å². The van der Waals surface area contributed by atoms with Crippen molar-refractivity contribution in [2.75, 3.05) is 0 Å². The number of hydrogen-bond donors (Lipinski definition) is 2. The quantitative estimate of drug-likeness (QED) is 0.827. The van der Waals surface area contributed by atoms with Crippen LogP contribution in [0.5, 0.6) is 0 Å². The van der Waals surface area contributed by atoms with Gasteiger partial charge in [0.15, 0.2) is 0 Å². The molecule has 2 N–H and O–H groups in total. The lowest BCUT2D eigenvalue weighted by molar-refractivity contribution is -0.144. The van der Waals surface area contributed by atoms with Gasteiger partial charge < -0.3 is 10.4 Å². The van der Waals surface area contributed by atoms with E-state index >= 15 is 0 Å². The Bertz CT molecular complexity index is 371. The van der Waals surface area contributed by atoms with Gasteiger partial charge in [-0.05, 0) is 11.4 Å². The maximum absolute atomic E-state index is 11.7. The first-order valence-corrected chi connectivity index (χ1v) is 5.82. The van der Waals surface area contributed by atoms with Crippen LogP contribution in [0.3, 0.4) is 0 Å². The molecular formula is C11H15NO3S. The zero-order valence-corrected chi connectivity index (χ0v) is 10.1. The first kappa shape index (κ1) is 12.7. The minimum atomic E-state index is -0.962. The highest BCUT2D eigenvalue weighted by Gasteiger charge is 2.30. The van der Waals surface area contributed by atoms with Crippen LogP contribution < -0.4 is 5.32 Å². The summed E-state index contributed by atoms with van der Waals surface area (Å²) >= 11 is 1.56. The number of thiophene rings is 1. The van der Waals surface area contributed by atoms with Gasteiger partial charge in [-0.15, -0.1) is 11.3 Å². The fourth-order valence-corrected chi connectivity index (χ4v) is 1.92. The summed E-state index contributed by atoms with van der Waals surface area (Å²) in [5.74, 6) is -1.19. The van der Waals surface area contributed by atoms with E-state index in [0.717, 1.165) is 4.88 Å². The van der Waals surface area contributed by atoms with Crippen molar-refractivity contribution in [2.24, 2.45) is 5.41 Å². The number of nitrogens with one attached hydrogen (secondary N) is 1. The molecule has 0 aromatic carbocycles. The molecule has 0 unspecified atom stereocenters. The fraction of sp³-hybridized carbons (Fsp3) is 0.455. The summed E-state index contributed by atoms with van der Waals surface area (Å²) in [6.45, 7) is 3.72. The van der Waals surface area contributed by atoms with E-state index in [-0.39, 0.29) is 12.3 Å². The molecule has 0 aliphatic rings. The Morgan fingerprint density at radius 3 is 2.69 bits per heavy atom. The number of carboxylic acids is 1. The van der Waals surface area contributed by atoms with Crippen molar-refractivity contribution < 1.29 is 14.7 Å². The van der Waals surface area contributed by atoms with Crippen molar-refractivity contribution in [3.63, 3.8) is 0 Å². The summed E-state index contributed by atoms with van der Waals surface area (Å²) in [5, 5.41) is 13.3. The predicted molar refractivity (Wildman–Crippen MR) is 62.2 cm³/mol. The van der Waals surface area contributed by atoms with Gasteiger partial charge in [-0.2, -0.15) is 0 Å². The van der Waals surface area contributed by atoms with E-state index in [1.807, 2.05) is 17.5 Å². The van der Waals surface area contributed by atoms with Crippen LogP contribution in [0.2, 0.25) is 0 Å². The van der Waals surface area contributed by atoms with E-state index in [1.54, 1.807) is 25.2 Å². The number of carboxylic acid groups (broad SMARTS) is 1. The van der Waals surface area contributed by atoms with Crippen molar-refractivity contribution in [1.82, 2.24) is 5.32 Å². The molecule has 0 saturated heterocycles. The normalized spacial score (nSPS) is 11.1. The third-order valence-electron chi connectivity index (χ3n) is 2.21. The Morgan fingerprint density at radius 2 is 2.19 bits per heavy atom. The molecule has 0 aliphatic carbocycles. The first-order chi connectivity index (χ1) is 7.42. The maximum atomic E-state index is 11.7. The SMILES string of the molecule is CC(C)(CC(=O)O)C(=O)NCc1cccs1. The van der Waals surface area contributed by atoms with Gasteiger partial charge in [0.05, 0.1) is 18.4 Å². The molecule has 1 heterocycles. The summed E-state index contributed by atoms with van der Waals surface area (Å²) in [6, 6.07) is 3.84. The van der Waals surface area contributed by atoms with Gasteiger partial charge in [-0.25, -0.2) is 0 Å². The van der Waals surface area contributed by atoms with Crippen molar-refractivity contribution in [1.29, 1.82) is 0 Å². The van der Waals surface area contributed by atoms with Crippen molar-refractivity contribution in [3.05, 3.63) is 22.4 Å². The molecule has 1 rings (SSSR count). The van der Waals surface area contributed by atoms with E-state index < -0.39 is 11.4 Å². The van der Waals surface area contributed by atoms with E-state index in [2.05, 4.69) is 5.32 Å². The zero-order chi connectivity index (χ0) is 12.2. The van der Waals surface area contributed by atoms with Crippen LogP contribution in [-0.4, -0.2) is 17.0 Å². The molecule has 16 heavy (non-hydrogen) atoms. The van der Waals surface area contributed by atoms with E-state index in [1.165, 1.54) is 0 Å². The molecular weight excluding hydrogens is 226 g/mol. The van der Waals surface area contributed by atoms with Crippen molar-refractivity contribution in [3.8, 4) is 0 Å². The van der Waals surface area contributed by atoms with Crippen LogP contribution in [0.15, 0.2) is 17.5 Å². The maximum Gasteiger partial charge on any atom is 0.304 e. The number of amides is 1. The smallest absolute Gasteiger partial charge is 0.304 e. The van der Waals surface area contributed by atoms with Gasteiger partial charge in [0, 0.05) is 4.88 Å². The van der Waals surface area contributed by atoms with Gasteiger partial charge in [0.25, 0.3) is 0 Å². The minimum absolute atomic E-state index is 0.163. The van der Waals surface area contributed by atoms with E-state index in [0.29, 0.717) is 6.54 Å². The second-order valence-corrected chi connectivity index (χ2v) is 5.25. The average Bonchev–Trinajstić information content (AvgIpc) is 2.64. The third kappa shape index (κ3) is 3.66. The molecule has 0 bridgehead atoms. The second-order valence-electron chi connectivity index (χ2n) is 4.22. The highest BCUT2D eigenvalue weighted by Crippen LogP contribution is 2.20. The molecule has 88 valence electrons. The highest BCUT2D eigenvalue weighted by atomic mass is 32.1. The molecule has 1 aromatic heterocycles. The third-order valence-corrected chi connectivity index (χ3v) is 3.09. The molecule has 0 fully saturated rings. The Morgan fingerprint density at radius 1 is 1.50 bits per heavy atom. The summed E-state index contributed by atoms with van der Waals surface area (Å²) in [5.41, 5.74) is -0.872. The monoisotopic (exact) mass is 241 g/mol. The highest BCUT2D eigenvalue weighted by molar-refractivity contribution is 7.09. The lowest BCUT2D eigenvalue weighted by Crippen LogP contribution is -2.37. The first-order valence-electron chi connectivity index (χ1n) is 4.94. The summed E-state index contributed by atoms with van der Waals surface area (Å²) < 4.78 is 0. The van der Waals surface area contributed by atoms with Crippen LogP contribution in [0.25, 0.3) is 0 Å². The molecule has 1 aromatic rings. The molecule has 0 radical (unpaired) electrons. The van der Waals surface area contributed by atoms with Crippen molar-refractivity contribution in [2.45, 2.75) is 26.8 Å². The molecule has 0 aliphatic heterocycles. The fourth-order valence-electron chi connectivity index (χ4n) is 1.28. The van der Waals surface area contributed by atoms with Gasteiger partial charge in [0.1, 0.15) is 0 Å². The van der Waals surface area contributed by atoms with E-state index in [9.17, 15) is 9.59 Å². The standard InChI is InChI=1S/C11H15NO3S/c1-11(2,6-9(13)14)10(15)12-7-8-4-3-5-16-8/h3-5H,6-7H2,1-2H3,(H,12,15)(H,13,14). The zero-order valence-electron chi connectivity index (χ0n) is 9.32. The van der Waals surface area contributed by atoms with E-state index in [4.69, 9.17) is 5.11 Å². The Kier molecular flexibility index (Phi) is 4.06. The molecule has 0 spiro atoms. The number of hydrogen-bond acceptors (Lipinski definition) is 3. The lowest BCUT2D eigenvalue weighted by Gasteiger charge is -2.21. The van der Waals surface area contributed by atoms with Gasteiger partial charge >= 0.3 is 5.97 Å². The largest absolute Gasteiger partial charge is 0.481 e.